The lowest BCUT2D eigenvalue weighted by Gasteiger charge is -2.36. The quantitative estimate of drug-likeness (QED) is 0.0174. The van der Waals surface area contributed by atoms with Crippen LogP contribution in [0.3, 0.4) is 0 Å². The summed E-state index contributed by atoms with van der Waals surface area (Å²) in [6.07, 6.45) is 32.9. The number of nitrogens with two attached hydrogens (primary N) is 1. The van der Waals surface area contributed by atoms with Crippen LogP contribution in [0, 0.1) is 5.92 Å². The van der Waals surface area contributed by atoms with Crippen LogP contribution in [-0.2, 0) is 37.4 Å². The largest absolute Gasteiger partial charge is 0.472 e. The van der Waals surface area contributed by atoms with Crippen molar-refractivity contribution in [2.75, 3.05) is 26.4 Å². The smallest absolute Gasteiger partial charge is 0.462 e. The van der Waals surface area contributed by atoms with Crippen molar-refractivity contribution in [3.8, 4) is 0 Å². The van der Waals surface area contributed by atoms with E-state index < -0.39 is 57.1 Å². The number of rotatable bonds is 36. The molecule has 0 saturated carbocycles. The van der Waals surface area contributed by atoms with Gasteiger partial charge in [-0.25, -0.2) is 4.57 Å². The molecule has 59 heavy (non-hydrogen) atoms. The minimum absolute atomic E-state index is 0.00333. The molecular weight excluding hydrogens is 777 g/mol. The summed E-state index contributed by atoms with van der Waals surface area (Å²) in [6.45, 7) is 3.24. The molecule has 1 aliphatic heterocycles. The fourth-order valence-corrected chi connectivity index (χ4v) is 7.03. The second-order valence-electron chi connectivity index (χ2n) is 15.1. The van der Waals surface area contributed by atoms with E-state index in [1.807, 2.05) is 12.2 Å². The van der Waals surface area contributed by atoms with Gasteiger partial charge in [-0.1, -0.05) is 120 Å². The van der Waals surface area contributed by atoms with Crippen LogP contribution in [0.15, 0.2) is 60.8 Å². The van der Waals surface area contributed by atoms with Crippen molar-refractivity contribution in [2.24, 2.45) is 11.7 Å². The van der Waals surface area contributed by atoms with Gasteiger partial charge in [0.1, 0.15) is 6.61 Å². The summed E-state index contributed by atoms with van der Waals surface area (Å²) in [5.41, 5.74) is 5.34. The van der Waals surface area contributed by atoms with Crippen LogP contribution in [0.25, 0.3) is 0 Å². The number of phosphoric ester groups is 1. The van der Waals surface area contributed by atoms with Gasteiger partial charge in [-0.3, -0.25) is 18.6 Å². The first-order valence-electron chi connectivity index (χ1n) is 22.2. The van der Waals surface area contributed by atoms with Crippen molar-refractivity contribution in [1.82, 2.24) is 0 Å². The van der Waals surface area contributed by atoms with Crippen molar-refractivity contribution in [3.63, 3.8) is 0 Å². The average molecular weight is 856 g/mol. The van der Waals surface area contributed by atoms with Crippen LogP contribution in [0.1, 0.15) is 149 Å². The Kier molecular flexibility index (Phi) is 33.5. The summed E-state index contributed by atoms with van der Waals surface area (Å²) in [7, 11) is -4.46. The first-order chi connectivity index (χ1) is 28.5. The summed E-state index contributed by atoms with van der Waals surface area (Å²) in [5, 5.41) is 31.0. The van der Waals surface area contributed by atoms with E-state index in [9.17, 15) is 34.4 Å². The van der Waals surface area contributed by atoms with E-state index in [2.05, 4.69) is 50.3 Å². The normalized spacial score (nSPS) is 20.9. The molecular formula is C45H78NO12P. The fourth-order valence-electron chi connectivity index (χ4n) is 6.27. The van der Waals surface area contributed by atoms with Crippen molar-refractivity contribution < 1.29 is 57.6 Å². The molecule has 0 aromatic heterocycles. The minimum Gasteiger partial charge on any atom is -0.462 e. The van der Waals surface area contributed by atoms with Crippen LogP contribution in [-0.4, -0.2) is 89.2 Å². The number of carbonyl (C=O) groups is 2. The molecule has 0 aromatic carbocycles. The van der Waals surface area contributed by atoms with Gasteiger partial charge in [0.2, 0.25) is 0 Å². The highest BCUT2D eigenvalue weighted by molar-refractivity contribution is 7.47. The van der Waals surface area contributed by atoms with Crippen LogP contribution in [0.5, 0.6) is 0 Å². The number of esters is 2. The molecule has 1 aliphatic rings. The van der Waals surface area contributed by atoms with Gasteiger partial charge in [-0.2, -0.15) is 0 Å². The van der Waals surface area contributed by atoms with E-state index in [0.29, 0.717) is 32.1 Å². The van der Waals surface area contributed by atoms with Crippen LogP contribution < -0.4 is 5.73 Å². The predicted octanol–water partition coefficient (Wildman–Crippen LogP) is 8.60. The van der Waals surface area contributed by atoms with Gasteiger partial charge >= 0.3 is 19.8 Å². The molecule has 0 bridgehead atoms. The molecule has 2 unspecified atom stereocenters. The lowest BCUT2D eigenvalue weighted by atomic mass is 9.87. The van der Waals surface area contributed by atoms with Gasteiger partial charge in [0.25, 0.3) is 0 Å². The average Bonchev–Trinajstić information content (AvgIpc) is 3.20. The Morgan fingerprint density at radius 1 is 0.780 bits per heavy atom. The third kappa shape index (κ3) is 31.1. The molecule has 1 saturated heterocycles. The van der Waals surface area contributed by atoms with Gasteiger partial charge in [0, 0.05) is 31.7 Å². The molecule has 14 heteroatoms. The second kappa shape index (κ2) is 36.2. The second-order valence-corrected chi connectivity index (χ2v) is 16.5. The molecule has 0 aromatic rings. The molecule has 0 spiro atoms. The monoisotopic (exact) mass is 856 g/mol. The topological polar surface area (TPSA) is 204 Å². The Labute approximate surface area is 354 Å². The van der Waals surface area contributed by atoms with Crippen molar-refractivity contribution in [3.05, 3.63) is 60.8 Å². The Morgan fingerprint density at radius 2 is 1.39 bits per heavy atom. The van der Waals surface area contributed by atoms with Crippen molar-refractivity contribution >= 4 is 19.8 Å². The Hall–Kier alpha value is -2.45. The summed E-state index contributed by atoms with van der Waals surface area (Å²) in [6, 6.07) is 0. The molecule has 6 N–H and O–H groups in total. The maximum absolute atomic E-state index is 12.7. The Morgan fingerprint density at radius 3 is 2.08 bits per heavy atom. The molecule has 340 valence electrons. The summed E-state index contributed by atoms with van der Waals surface area (Å²) in [4.78, 5) is 35.1. The molecule has 1 fully saturated rings. The van der Waals surface area contributed by atoms with Crippen molar-refractivity contribution in [2.45, 2.75) is 179 Å². The number of aliphatic hydroxyl groups is 3. The van der Waals surface area contributed by atoms with E-state index in [-0.39, 0.29) is 44.9 Å². The minimum atomic E-state index is -4.46. The fraction of sp³-hybridized carbons (Fsp3) is 0.733. The standard InChI is InChI=1S/C45H78NO12P/c1-3-5-7-8-9-10-11-12-13-14-15-16-17-18-19-20-25-29-43(49)54-36-39(37-56-59(52,53)55-34-33-46)57-44(50)30-26-22-21-24-28-40-41(48)35-45(51)58-42(40)32-31-38(47)27-23-6-4-2/h9-10,12-13,15-16,21,24,31-32,38-42,45,47-48,51H,3-8,11,14,17-20,22-23,25-30,33-37,46H2,1-2H3,(H,52,53)/b10-9-,13-12-,16-15-,24-21-,32-31+/t38-,39+,40-,41-,42+,45?/m0/s1. The van der Waals surface area contributed by atoms with E-state index in [1.165, 1.54) is 19.3 Å². The zero-order valence-corrected chi connectivity index (χ0v) is 36.9. The van der Waals surface area contributed by atoms with Crippen LogP contribution >= 0.6 is 7.82 Å². The first-order valence-corrected chi connectivity index (χ1v) is 23.7. The third-order valence-corrected chi connectivity index (χ3v) is 10.7. The van der Waals surface area contributed by atoms with E-state index >= 15 is 0 Å². The van der Waals surface area contributed by atoms with Gasteiger partial charge < -0.3 is 40.2 Å². The van der Waals surface area contributed by atoms with Gasteiger partial charge in [0.15, 0.2) is 12.4 Å². The zero-order chi connectivity index (χ0) is 43.4. The van der Waals surface area contributed by atoms with E-state index in [1.54, 1.807) is 12.2 Å². The third-order valence-electron chi connectivity index (χ3n) is 9.67. The predicted molar refractivity (Wildman–Crippen MR) is 232 cm³/mol. The summed E-state index contributed by atoms with van der Waals surface area (Å²) < 4.78 is 38.4. The molecule has 1 rings (SSSR count). The highest BCUT2D eigenvalue weighted by atomic mass is 31.2. The maximum Gasteiger partial charge on any atom is 0.472 e. The van der Waals surface area contributed by atoms with E-state index in [4.69, 9.17) is 29.0 Å². The number of ether oxygens (including phenoxy) is 3. The number of unbranched alkanes of at least 4 members (excludes halogenated alkanes) is 10. The summed E-state index contributed by atoms with van der Waals surface area (Å²) >= 11 is 0. The van der Waals surface area contributed by atoms with Crippen LogP contribution in [0.2, 0.25) is 0 Å². The Bertz CT molecular complexity index is 1270. The number of phosphoric acid groups is 1. The lowest BCUT2D eigenvalue weighted by molar-refractivity contribution is -0.199. The molecule has 0 amide bonds. The Balaban J connectivity index is 2.46. The molecule has 7 atom stereocenters. The molecule has 0 radical (unpaired) electrons. The van der Waals surface area contributed by atoms with Gasteiger partial charge in [0.05, 0.1) is 31.5 Å². The molecule has 1 heterocycles. The van der Waals surface area contributed by atoms with Gasteiger partial charge in [-0.15, -0.1) is 0 Å². The number of hydrogen-bond acceptors (Lipinski definition) is 12. The SMILES string of the molecule is CCCCC/C=C\C/C=C\C/C=C\CCCCCCC(=O)OC[C@H](COP(=O)(O)OCCN)OC(=O)CCC/C=C\C[C@H]1[C@@H](O)CC(O)O[C@@H]1/C=C/[C@@H](O)CCCCC. The van der Waals surface area contributed by atoms with Crippen molar-refractivity contribution in [1.29, 1.82) is 0 Å². The van der Waals surface area contributed by atoms with E-state index in [0.717, 1.165) is 64.2 Å². The first kappa shape index (κ1) is 54.6. The highest BCUT2D eigenvalue weighted by Gasteiger charge is 2.35. The zero-order valence-electron chi connectivity index (χ0n) is 36.0. The molecule has 13 nitrogen and oxygen atoms in total. The van der Waals surface area contributed by atoms with Gasteiger partial charge in [-0.05, 0) is 70.6 Å². The molecule has 0 aliphatic carbocycles. The summed E-state index contributed by atoms with van der Waals surface area (Å²) in [5.74, 6) is -1.38. The number of aliphatic hydroxyl groups excluding tert-OH is 3. The highest BCUT2D eigenvalue weighted by Crippen LogP contribution is 2.43. The number of carbonyl (C=O) groups excluding carboxylic acids is 2. The number of hydrogen-bond donors (Lipinski definition) is 5. The maximum atomic E-state index is 12.7. The van der Waals surface area contributed by atoms with Crippen LogP contribution in [0.4, 0.5) is 0 Å². The number of allylic oxidation sites excluding steroid dienone is 8. The lowest BCUT2D eigenvalue weighted by Crippen LogP contribution is -2.43.